The van der Waals surface area contributed by atoms with Crippen molar-refractivity contribution in [3.63, 3.8) is 0 Å². The minimum absolute atomic E-state index is 0.0605. The largest absolute Gasteiger partial charge is 0.481 e. The van der Waals surface area contributed by atoms with Crippen LogP contribution in [0.25, 0.3) is 0 Å². The van der Waals surface area contributed by atoms with Gasteiger partial charge in [0.05, 0.1) is 24.0 Å². The van der Waals surface area contributed by atoms with Crippen LogP contribution in [0.15, 0.2) is 0 Å². The molecule has 1 rings (SSSR count). The molecule has 1 aliphatic heterocycles. The third-order valence-corrected chi connectivity index (χ3v) is 4.63. The van der Waals surface area contributed by atoms with Gasteiger partial charge in [0.15, 0.2) is 9.84 Å². The Morgan fingerprint density at radius 1 is 1.56 bits per heavy atom. The predicted octanol–water partition coefficient (Wildman–Crippen LogP) is 0.691. The highest BCUT2D eigenvalue weighted by Crippen LogP contribution is 2.25. The van der Waals surface area contributed by atoms with Gasteiger partial charge in [-0.25, -0.2) is 8.42 Å². The second-order valence-electron chi connectivity index (χ2n) is 4.11. The molecule has 6 heteroatoms. The van der Waals surface area contributed by atoms with Crippen LogP contribution in [0.4, 0.5) is 0 Å². The normalized spacial score (nSPS) is 26.2. The Balaban J connectivity index is 2.66. The first-order valence-corrected chi connectivity index (χ1v) is 7.30. The van der Waals surface area contributed by atoms with E-state index in [1.54, 1.807) is 6.92 Å². The number of hydrogen-bond acceptors (Lipinski definition) is 4. The van der Waals surface area contributed by atoms with E-state index >= 15 is 0 Å². The zero-order chi connectivity index (χ0) is 12.2. The summed E-state index contributed by atoms with van der Waals surface area (Å²) in [6, 6.07) is 0. The van der Waals surface area contributed by atoms with Gasteiger partial charge < -0.3 is 9.84 Å². The average molecular weight is 250 g/mol. The number of aliphatic carboxylic acids is 1. The summed E-state index contributed by atoms with van der Waals surface area (Å²) in [5.74, 6) is -0.836. The molecule has 0 amide bonds. The Morgan fingerprint density at radius 2 is 2.25 bits per heavy atom. The smallest absolute Gasteiger partial charge is 0.305 e. The fraction of sp³-hybridized carbons (Fsp3) is 0.900. The van der Waals surface area contributed by atoms with Gasteiger partial charge in [-0.1, -0.05) is 0 Å². The van der Waals surface area contributed by atoms with Gasteiger partial charge >= 0.3 is 5.97 Å². The molecule has 1 aliphatic rings. The average Bonchev–Trinajstić information content (AvgIpc) is 2.15. The van der Waals surface area contributed by atoms with E-state index in [0.29, 0.717) is 13.0 Å². The molecule has 1 N–H and O–H groups in total. The first kappa shape index (κ1) is 13.4. The zero-order valence-electron chi connectivity index (χ0n) is 9.39. The van der Waals surface area contributed by atoms with Crippen LogP contribution in [0.5, 0.6) is 0 Å². The second-order valence-corrected chi connectivity index (χ2v) is 6.34. The van der Waals surface area contributed by atoms with Gasteiger partial charge in [-0.3, -0.25) is 4.79 Å². The van der Waals surface area contributed by atoms with Gasteiger partial charge in [-0.05, 0) is 25.7 Å². The van der Waals surface area contributed by atoms with Crippen molar-refractivity contribution in [2.24, 2.45) is 5.92 Å². The standard InChI is InChI=1S/C10H18O5S/c1-2-15-9(6-10(11)12)8-4-3-5-16(13,14)7-8/h8-9H,2-7H2,1H3,(H,11,12). The Hall–Kier alpha value is -0.620. The lowest BCUT2D eigenvalue weighted by Crippen LogP contribution is -2.36. The van der Waals surface area contributed by atoms with Crippen LogP contribution in [0.3, 0.4) is 0 Å². The number of sulfone groups is 1. The summed E-state index contributed by atoms with van der Waals surface area (Å²) in [6.45, 7) is 2.20. The van der Waals surface area contributed by atoms with Crippen molar-refractivity contribution in [2.45, 2.75) is 32.3 Å². The molecular formula is C10H18O5S. The molecule has 0 aromatic rings. The number of carboxylic acids is 1. The van der Waals surface area contributed by atoms with E-state index in [2.05, 4.69) is 0 Å². The van der Waals surface area contributed by atoms with Crippen LogP contribution in [0.2, 0.25) is 0 Å². The third-order valence-electron chi connectivity index (χ3n) is 2.78. The molecule has 0 aromatic carbocycles. The Bertz CT molecular complexity index is 335. The van der Waals surface area contributed by atoms with Gasteiger partial charge in [-0.2, -0.15) is 0 Å². The van der Waals surface area contributed by atoms with Crippen molar-refractivity contribution in [2.75, 3.05) is 18.1 Å². The van der Waals surface area contributed by atoms with Crippen LogP contribution in [0, 0.1) is 5.92 Å². The lowest BCUT2D eigenvalue weighted by molar-refractivity contribution is -0.141. The molecule has 5 nitrogen and oxygen atoms in total. The van der Waals surface area contributed by atoms with E-state index in [-0.39, 0.29) is 23.8 Å². The first-order valence-electron chi connectivity index (χ1n) is 5.48. The Morgan fingerprint density at radius 3 is 2.75 bits per heavy atom. The molecule has 0 spiro atoms. The summed E-state index contributed by atoms with van der Waals surface area (Å²) in [4.78, 5) is 10.7. The Labute approximate surface area is 95.7 Å². The molecule has 0 radical (unpaired) electrons. The molecule has 1 heterocycles. The van der Waals surface area contributed by atoms with E-state index in [1.165, 1.54) is 0 Å². The van der Waals surface area contributed by atoms with Crippen LogP contribution in [-0.2, 0) is 19.4 Å². The molecule has 1 saturated heterocycles. The van der Waals surface area contributed by atoms with Gasteiger partial charge in [0.25, 0.3) is 0 Å². The highest BCUT2D eigenvalue weighted by Gasteiger charge is 2.32. The van der Waals surface area contributed by atoms with Crippen LogP contribution in [-0.4, -0.2) is 43.7 Å². The van der Waals surface area contributed by atoms with Crippen molar-refractivity contribution in [1.82, 2.24) is 0 Å². The van der Waals surface area contributed by atoms with Crippen molar-refractivity contribution in [1.29, 1.82) is 0 Å². The molecule has 1 fully saturated rings. The summed E-state index contributed by atoms with van der Waals surface area (Å²) in [5, 5.41) is 8.74. The van der Waals surface area contributed by atoms with Crippen molar-refractivity contribution in [3.05, 3.63) is 0 Å². The van der Waals surface area contributed by atoms with E-state index in [0.717, 1.165) is 6.42 Å². The SMILES string of the molecule is CCOC(CC(=O)O)C1CCCS(=O)(=O)C1. The molecule has 94 valence electrons. The van der Waals surface area contributed by atoms with Gasteiger partial charge in [0.2, 0.25) is 0 Å². The lowest BCUT2D eigenvalue weighted by Gasteiger charge is -2.28. The molecule has 0 bridgehead atoms. The fourth-order valence-corrected chi connectivity index (χ4v) is 3.91. The lowest BCUT2D eigenvalue weighted by atomic mass is 9.96. The molecule has 2 atom stereocenters. The highest BCUT2D eigenvalue weighted by molar-refractivity contribution is 7.91. The summed E-state index contributed by atoms with van der Waals surface area (Å²) in [5.41, 5.74) is 0. The summed E-state index contributed by atoms with van der Waals surface area (Å²) >= 11 is 0. The van der Waals surface area contributed by atoms with E-state index in [4.69, 9.17) is 9.84 Å². The molecule has 2 unspecified atom stereocenters. The molecular weight excluding hydrogens is 232 g/mol. The van der Waals surface area contributed by atoms with Gasteiger partial charge in [0, 0.05) is 6.61 Å². The van der Waals surface area contributed by atoms with E-state index < -0.39 is 21.9 Å². The molecule has 0 aliphatic carbocycles. The summed E-state index contributed by atoms with van der Waals surface area (Å²) in [6.07, 6.45) is 0.749. The quantitative estimate of drug-likeness (QED) is 0.776. The number of carboxylic acid groups (broad SMARTS) is 1. The van der Waals surface area contributed by atoms with Crippen molar-refractivity contribution >= 4 is 15.8 Å². The minimum atomic E-state index is -3.00. The number of rotatable bonds is 5. The van der Waals surface area contributed by atoms with Crippen LogP contribution in [0.1, 0.15) is 26.2 Å². The fourth-order valence-electron chi connectivity index (χ4n) is 2.10. The van der Waals surface area contributed by atoms with Crippen LogP contribution >= 0.6 is 0 Å². The maximum atomic E-state index is 11.5. The molecule has 0 aromatic heterocycles. The number of hydrogen-bond donors (Lipinski definition) is 1. The molecule has 0 saturated carbocycles. The maximum absolute atomic E-state index is 11.5. The minimum Gasteiger partial charge on any atom is -0.481 e. The van der Waals surface area contributed by atoms with E-state index in [9.17, 15) is 13.2 Å². The third kappa shape index (κ3) is 4.09. The second kappa shape index (κ2) is 5.63. The number of carbonyl (C=O) groups is 1. The first-order chi connectivity index (χ1) is 7.44. The van der Waals surface area contributed by atoms with Crippen molar-refractivity contribution < 1.29 is 23.1 Å². The van der Waals surface area contributed by atoms with Crippen molar-refractivity contribution in [3.8, 4) is 0 Å². The van der Waals surface area contributed by atoms with E-state index in [1.807, 2.05) is 0 Å². The number of ether oxygens (including phenoxy) is 1. The summed E-state index contributed by atoms with van der Waals surface area (Å²) in [7, 11) is -3.00. The Kier molecular flexibility index (Phi) is 4.73. The zero-order valence-corrected chi connectivity index (χ0v) is 10.2. The van der Waals surface area contributed by atoms with Crippen LogP contribution < -0.4 is 0 Å². The predicted molar refractivity (Wildman–Crippen MR) is 59.0 cm³/mol. The molecule has 16 heavy (non-hydrogen) atoms. The summed E-state index contributed by atoms with van der Waals surface area (Å²) < 4.78 is 28.2. The topological polar surface area (TPSA) is 80.7 Å². The van der Waals surface area contributed by atoms with Gasteiger partial charge in [-0.15, -0.1) is 0 Å². The maximum Gasteiger partial charge on any atom is 0.305 e. The van der Waals surface area contributed by atoms with Gasteiger partial charge in [0.1, 0.15) is 0 Å². The highest BCUT2D eigenvalue weighted by atomic mass is 32.2. The monoisotopic (exact) mass is 250 g/mol.